The van der Waals surface area contributed by atoms with Gasteiger partial charge < -0.3 is 14.5 Å². The van der Waals surface area contributed by atoms with Gasteiger partial charge >= 0.3 is 0 Å². The molecule has 1 saturated heterocycles. The van der Waals surface area contributed by atoms with E-state index in [2.05, 4.69) is 14.9 Å². The number of morpholine rings is 1. The van der Waals surface area contributed by atoms with E-state index in [1.54, 1.807) is 6.20 Å². The molecule has 2 heterocycles. The molecule has 0 N–H and O–H groups in total. The average Bonchev–Trinajstić information content (AvgIpc) is 2.55. The number of aromatic nitrogens is 2. The minimum absolute atomic E-state index is 0.261. The third-order valence-corrected chi connectivity index (χ3v) is 4.65. The van der Waals surface area contributed by atoms with Gasteiger partial charge in [0.15, 0.2) is 15.7 Å². The third kappa shape index (κ3) is 4.64. The van der Waals surface area contributed by atoms with E-state index < -0.39 is 27.5 Å². The van der Waals surface area contributed by atoms with Crippen molar-refractivity contribution in [2.24, 2.45) is 0 Å². The average molecular weight is 356 g/mol. The predicted molar refractivity (Wildman–Crippen MR) is 90.6 cm³/mol. The first-order chi connectivity index (χ1) is 11.4. The molecule has 0 bridgehead atoms. The van der Waals surface area contributed by atoms with Crippen LogP contribution in [0.15, 0.2) is 12.3 Å². The highest BCUT2D eigenvalue weighted by molar-refractivity contribution is 7.91. The standard InChI is InChI=1S/C15H24N4O4S/c1-4-18(5-2)13-6-7-16-15(17-13)12-10-23-9-8-19(12)14(20)11-24(3,21)22/h6-7,12H,4-5,8-11H2,1-3H3/t12-/m1/s1. The van der Waals surface area contributed by atoms with Crippen molar-refractivity contribution in [2.45, 2.75) is 19.9 Å². The summed E-state index contributed by atoms with van der Waals surface area (Å²) < 4.78 is 28.3. The van der Waals surface area contributed by atoms with Gasteiger partial charge in [0.1, 0.15) is 17.6 Å². The lowest BCUT2D eigenvalue weighted by Gasteiger charge is -2.34. The quantitative estimate of drug-likeness (QED) is 0.722. The second-order valence-corrected chi connectivity index (χ2v) is 7.83. The molecule has 0 spiro atoms. The molecule has 1 fully saturated rings. The van der Waals surface area contributed by atoms with Gasteiger partial charge in [0.05, 0.1) is 13.2 Å². The van der Waals surface area contributed by atoms with E-state index in [4.69, 9.17) is 4.74 Å². The van der Waals surface area contributed by atoms with E-state index in [1.807, 2.05) is 19.9 Å². The summed E-state index contributed by atoms with van der Waals surface area (Å²) in [6, 6.07) is 1.35. The van der Waals surface area contributed by atoms with Crippen molar-refractivity contribution in [3.8, 4) is 0 Å². The van der Waals surface area contributed by atoms with Gasteiger partial charge in [0.2, 0.25) is 5.91 Å². The molecule has 0 saturated carbocycles. The third-order valence-electron chi connectivity index (χ3n) is 3.88. The molecule has 8 nitrogen and oxygen atoms in total. The number of carbonyl (C=O) groups excluding carboxylic acids is 1. The van der Waals surface area contributed by atoms with Crippen LogP contribution in [0.4, 0.5) is 5.82 Å². The Morgan fingerprint density at radius 3 is 2.75 bits per heavy atom. The summed E-state index contributed by atoms with van der Waals surface area (Å²) >= 11 is 0. The molecule has 1 aromatic rings. The number of sulfone groups is 1. The lowest BCUT2D eigenvalue weighted by atomic mass is 10.2. The molecule has 2 rings (SSSR count). The molecule has 1 amide bonds. The first-order valence-electron chi connectivity index (χ1n) is 7.98. The van der Waals surface area contributed by atoms with E-state index in [9.17, 15) is 13.2 Å². The van der Waals surface area contributed by atoms with Crippen LogP contribution in [0.2, 0.25) is 0 Å². The summed E-state index contributed by atoms with van der Waals surface area (Å²) in [5, 5.41) is 0. The van der Waals surface area contributed by atoms with Crippen LogP contribution < -0.4 is 4.90 Å². The van der Waals surface area contributed by atoms with Crippen molar-refractivity contribution in [2.75, 3.05) is 49.8 Å². The zero-order valence-electron chi connectivity index (χ0n) is 14.3. The van der Waals surface area contributed by atoms with E-state index in [0.717, 1.165) is 25.2 Å². The SMILES string of the molecule is CCN(CC)c1ccnc([C@H]2COCCN2C(=O)CS(C)(=O)=O)n1. The Kier molecular flexibility index (Phi) is 6.11. The van der Waals surface area contributed by atoms with Gasteiger partial charge in [-0.05, 0) is 19.9 Å². The van der Waals surface area contributed by atoms with Crippen molar-refractivity contribution in [3.05, 3.63) is 18.1 Å². The highest BCUT2D eigenvalue weighted by atomic mass is 32.2. The van der Waals surface area contributed by atoms with E-state index in [0.29, 0.717) is 19.0 Å². The molecule has 9 heteroatoms. The van der Waals surface area contributed by atoms with Gasteiger partial charge in [-0.2, -0.15) is 0 Å². The molecule has 0 radical (unpaired) electrons. The maximum absolute atomic E-state index is 12.4. The summed E-state index contributed by atoms with van der Waals surface area (Å²) in [7, 11) is -3.39. The Morgan fingerprint density at radius 2 is 2.12 bits per heavy atom. The molecule has 1 aliphatic rings. The van der Waals surface area contributed by atoms with E-state index in [-0.39, 0.29) is 6.61 Å². The Labute approximate surface area is 142 Å². The zero-order valence-corrected chi connectivity index (χ0v) is 15.1. The van der Waals surface area contributed by atoms with Crippen LogP contribution in [0, 0.1) is 0 Å². The summed E-state index contributed by atoms with van der Waals surface area (Å²) in [4.78, 5) is 24.8. The van der Waals surface area contributed by atoms with Crippen LogP contribution in [0.5, 0.6) is 0 Å². The largest absolute Gasteiger partial charge is 0.377 e. The molecule has 0 unspecified atom stereocenters. The Hall–Kier alpha value is -1.74. The first kappa shape index (κ1) is 18.6. The first-order valence-corrected chi connectivity index (χ1v) is 10.0. The number of amides is 1. The minimum Gasteiger partial charge on any atom is -0.377 e. The molecular weight excluding hydrogens is 332 g/mol. The smallest absolute Gasteiger partial charge is 0.238 e. The van der Waals surface area contributed by atoms with Gasteiger partial charge in [0, 0.05) is 32.1 Å². The van der Waals surface area contributed by atoms with Crippen LogP contribution >= 0.6 is 0 Å². The van der Waals surface area contributed by atoms with Crippen LogP contribution in [0.3, 0.4) is 0 Å². The molecule has 24 heavy (non-hydrogen) atoms. The van der Waals surface area contributed by atoms with Crippen LogP contribution in [-0.2, 0) is 19.4 Å². The van der Waals surface area contributed by atoms with Gasteiger partial charge in [0.25, 0.3) is 0 Å². The second kappa shape index (κ2) is 7.89. The normalized spacial score (nSPS) is 18.5. The fourth-order valence-electron chi connectivity index (χ4n) is 2.67. The fraction of sp³-hybridized carbons (Fsp3) is 0.667. The maximum Gasteiger partial charge on any atom is 0.238 e. The second-order valence-electron chi connectivity index (χ2n) is 5.69. The van der Waals surface area contributed by atoms with Gasteiger partial charge in [-0.1, -0.05) is 0 Å². The van der Waals surface area contributed by atoms with Gasteiger partial charge in [-0.25, -0.2) is 18.4 Å². The Morgan fingerprint density at radius 1 is 1.42 bits per heavy atom. The minimum atomic E-state index is -3.39. The summed E-state index contributed by atoms with van der Waals surface area (Å²) in [6.07, 6.45) is 2.71. The maximum atomic E-state index is 12.4. The predicted octanol–water partition coefficient (Wildman–Crippen LogP) is 0.267. The highest BCUT2D eigenvalue weighted by Crippen LogP contribution is 2.23. The number of anilines is 1. The van der Waals surface area contributed by atoms with Crippen molar-refractivity contribution in [1.82, 2.24) is 14.9 Å². The van der Waals surface area contributed by atoms with Crippen molar-refractivity contribution in [3.63, 3.8) is 0 Å². The Bertz CT molecular complexity index is 676. The van der Waals surface area contributed by atoms with E-state index in [1.165, 1.54) is 4.90 Å². The number of hydrogen-bond acceptors (Lipinski definition) is 7. The summed E-state index contributed by atoms with van der Waals surface area (Å²) in [6.45, 7) is 6.67. The lowest BCUT2D eigenvalue weighted by molar-refractivity contribution is -0.137. The van der Waals surface area contributed by atoms with Crippen molar-refractivity contribution in [1.29, 1.82) is 0 Å². The molecule has 0 aliphatic carbocycles. The number of nitrogens with zero attached hydrogens (tertiary/aromatic N) is 4. The number of hydrogen-bond donors (Lipinski definition) is 0. The molecule has 1 atom stereocenters. The molecule has 134 valence electrons. The number of rotatable bonds is 6. The van der Waals surface area contributed by atoms with Crippen LogP contribution in [-0.4, -0.2) is 74.0 Å². The van der Waals surface area contributed by atoms with Crippen molar-refractivity contribution >= 4 is 21.6 Å². The topological polar surface area (TPSA) is 92.7 Å². The summed E-state index contributed by atoms with van der Waals surface area (Å²) in [5.74, 6) is 0.300. The highest BCUT2D eigenvalue weighted by Gasteiger charge is 2.32. The number of ether oxygens (including phenoxy) is 1. The fourth-order valence-corrected chi connectivity index (χ4v) is 3.29. The van der Waals surface area contributed by atoms with Crippen LogP contribution in [0.1, 0.15) is 25.7 Å². The molecular formula is C15H24N4O4S. The lowest BCUT2D eigenvalue weighted by Crippen LogP contribution is -2.46. The zero-order chi connectivity index (χ0) is 17.7. The van der Waals surface area contributed by atoms with E-state index >= 15 is 0 Å². The Balaban J connectivity index is 2.27. The van der Waals surface area contributed by atoms with Crippen molar-refractivity contribution < 1.29 is 17.9 Å². The monoisotopic (exact) mass is 356 g/mol. The van der Waals surface area contributed by atoms with Gasteiger partial charge in [-0.15, -0.1) is 0 Å². The molecule has 1 aromatic heterocycles. The van der Waals surface area contributed by atoms with Gasteiger partial charge in [-0.3, -0.25) is 4.79 Å². The van der Waals surface area contributed by atoms with Crippen LogP contribution in [0.25, 0.3) is 0 Å². The number of carbonyl (C=O) groups is 1. The summed E-state index contributed by atoms with van der Waals surface area (Å²) in [5.41, 5.74) is 0. The molecule has 0 aromatic carbocycles. The molecule has 1 aliphatic heterocycles.